The van der Waals surface area contributed by atoms with Gasteiger partial charge in [-0.1, -0.05) is 23.8 Å². The number of hydrogen-bond donors (Lipinski definition) is 1. The zero-order chi connectivity index (χ0) is 24.7. The molecule has 1 heterocycles. The number of halogens is 3. The quantitative estimate of drug-likeness (QED) is 0.546. The molecule has 0 radical (unpaired) electrons. The molecule has 0 unspecified atom stereocenters. The first-order valence-corrected chi connectivity index (χ1v) is 13.2. The minimum atomic E-state index is -4.57. The molecule has 0 fully saturated rings. The highest BCUT2D eigenvalue weighted by molar-refractivity contribution is 7.92. The molecule has 4 rings (SSSR count). The van der Waals surface area contributed by atoms with Crippen LogP contribution in [0.4, 0.5) is 18.9 Å². The Kier molecular flexibility index (Phi) is 6.21. The summed E-state index contributed by atoms with van der Waals surface area (Å²) in [5.41, 5.74) is 1.72. The Hall–Kier alpha value is -2.89. The van der Waals surface area contributed by atoms with Crippen molar-refractivity contribution in [1.82, 2.24) is 4.31 Å². The van der Waals surface area contributed by atoms with E-state index in [1.165, 1.54) is 4.31 Å². The maximum Gasteiger partial charge on any atom is 0.416 e. The van der Waals surface area contributed by atoms with Crippen LogP contribution in [0.25, 0.3) is 0 Å². The van der Waals surface area contributed by atoms with Gasteiger partial charge in [0.1, 0.15) is 0 Å². The number of nitrogens with one attached hydrogen (secondary N) is 1. The number of nitrogens with zero attached hydrogens (tertiary/aromatic N) is 1. The summed E-state index contributed by atoms with van der Waals surface area (Å²) in [6.45, 7) is 2.22. The number of fused-ring (bicyclic) bond motifs is 1. The number of hydrogen-bond acceptors (Lipinski definition) is 4. The number of alkyl halides is 3. The first kappa shape index (κ1) is 24.2. The SMILES string of the molecule is Cc1ccc(S(=O)(=O)N2CCc3ccc(NS(=O)(=O)c4ccc(C(F)(F)F)cc4)cc3C2)cc1. The van der Waals surface area contributed by atoms with Crippen molar-refractivity contribution in [3.05, 3.63) is 89.0 Å². The Morgan fingerprint density at radius 1 is 0.824 bits per heavy atom. The molecule has 1 aliphatic rings. The Morgan fingerprint density at radius 2 is 1.44 bits per heavy atom. The minimum absolute atomic E-state index is 0.0708. The first-order chi connectivity index (χ1) is 15.9. The van der Waals surface area contributed by atoms with Gasteiger partial charge < -0.3 is 0 Å². The van der Waals surface area contributed by atoms with Crippen LogP contribution in [0.15, 0.2) is 76.5 Å². The van der Waals surface area contributed by atoms with Gasteiger partial charge in [0.05, 0.1) is 15.4 Å². The van der Waals surface area contributed by atoms with Crippen LogP contribution in [0.3, 0.4) is 0 Å². The standard InChI is InChI=1S/C23H21F3N2O4S2/c1-16-2-8-22(9-3-16)34(31,32)28-13-12-17-4-7-20(14-18(17)15-28)27-33(29,30)21-10-5-19(6-11-21)23(24,25)26/h2-11,14,27H,12-13,15H2,1H3. The van der Waals surface area contributed by atoms with E-state index in [2.05, 4.69) is 4.72 Å². The highest BCUT2D eigenvalue weighted by Crippen LogP contribution is 2.31. The summed E-state index contributed by atoms with van der Waals surface area (Å²) in [5.74, 6) is 0. The van der Waals surface area contributed by atoms with E-state index >= 15 is 0 Å². The van der Waals surface area contributed by atoms with Crippen molar-refractivity contribution < 1.29 is 30.0 Å². The Balaban J connectivity index is 1.55. The van der Waals surface area contributed by atoms with Crippen LogP contribution in [0, 0.1) is 6.92 Å². The Morgan fingerprint density at radius 3 is 2.06 bits per heavy atom. The van der Waals surface area contributed by atoms with E-state index in [1.54, 1.807) is 42.5 Å². The molecule has 0 aromatic heterocycles. The van der Waals surface area contributed by atoms with Crippen LogP contribution < -0.4 is 4.72 Å². The Labute approximate surface area is 196 Å². The molecule has 1 aliphatic heterocycles. The fourth-order valence-electron chi connectivity index (χ4n) is 3.70. The molecule has 11 heteroatoms. The summed E-state index contributed by atoms with van der Waals surface area (Å²) >= 11 is 0. The van der Waals surface area contributed by atoms with E-state index in [1.807, 2.05) is 6.92 Å². The largest absolute Gasteiger partial charge is 0.416 e. The molecule has 1 N–H and O–H groups in total. The number of aryl methyl sites for hydroxylation is 1. The van der Waals surface area contributed by atoms with Crippen molar-refractivity contribution in [2.75, 3.05) is 11.3 Å². The van der Waals surface area contributed by atoms with Crippen LogP contribution >= 0.6 is 0 Å². The second-order valence-electron chi connectivity index (χ2n) is 8.01. The fourth-order valence-corrected chi connectivity index (χ4v) is 6.16. The molecule has 0 saturated heterocycles. The lowest BCUT2D eigenvalue weighted by molar-refractivity contribution is -0.137. The van der Waals surface area contributed by atoms with Crippen LogP contribution in [0.5, 0.6) is 0 Å². The van der Waals surface area contributed by atoms with E-state index in [0.717, 1.165) is 23.3 Å². The first-order valence-electron chi connectivity index (χ1n) is 10.2. The van der Waals surface area contributed by atoms with Gasteiger partial charge in [-0.2, -0.15) is 17.5 Å². The zero-order valence-electron chi connectivity index (χ0n) is 18.0. The van der Waals surface area contributed by atoms with Crippen molar-refractivity contribution in [3.8, 4) is 0 Å². The third-order valence-corrected chi connectivity index (χ3v) is 8.84. The molecule has 34 heavy (non-hydrogen) atoms. The van der Waals surface area contributed by atoms with Crippen LogP contribution in [-0.2, 0) is 39.2 Å². The molecule has 180 valence electrons. The average molecular weight is 511 g/mol. The molecule has 0 aliphatic carbocycles. The van der Waals surface area contributed by atoms with E-state index in [9.17, 15) is 30.0 Å². The van der Waals surface area contributed by atoms with E-state index in [0.29, 0.717) is 30.7 Å². The smallest absolute Gasteiger partial charge is 0.280 e. The van der Waals surface area contributed by atoms with E-state index in [-0.39, 0.29) is 22.0 Å². The minimum Gasteiger partial charge on any atom is -0.280 e. The number of sulfonamides is 2. The maximum absolute atomic E-state index is 13.0. The topological polar surface area (TPSA) is 83.6 Å². The predicted octanol–water partition coefficient (Wildman–Crippen LogP) is 4.56. The summed E-state index contributed by atoms with van der Waals surface area (Å²) in [6, 6.07) is 14.5. The molecule has 3 aromatic carbocycles. The highest BCUT2D eigenvalue weighted by atomic mass is 32.2. The molecule has 0 spiro atoms. The summed E-state index contributed by atoms with van der Waals surface area (Å²) in [7, 11) is -7.87. The van der Waals surface area contributed by atoms with E-state index in [4.69, 9.17) is 0 Å². The van der Waals surface area contributed by atoms with Gasteiger partial charge in [0, 0.05) is 18.8 Å². The lowest BCUT2D eigenvalue weighted by Gasteiger charge is -2.28. The van der Waals surface area contributed by atoms with Gasteiger partial charge >= 0.3 is 6.18 Å². The molecule has 0 atom stereocenters. The molecule has 0 amide bonds. The summed E-state index contributed by atoms with van der Waals surface area (Å²) in [6.07, 6.45) is -4.11. The lowest BCUT2D eigenvalue weighted by Crippen LogP contribution is -2.36. The molecule has 0 bridgehead atoms. The van der Waals surface area contributed by atoms with Crippen molar-refractivity contribution >= 4 is 25.7 Å². The molecule has 3 aromatic rings. The normalized spacial score (nSPS) is 15.1. The zero-order valence-corrected chi connectivity index (χ0v) is 19.6. The van der Waals surface area contributed by atoms with Crippen LogP contribution in [0.2, 0.25) is 0 Å². The third kappa shape index (κ3) is 4.96. The molecule has 0 saturated carbocycles. The second kappa shape index (κ2) is 8.71. The highest BCUT2D eigenvalue weighted by Gasteiger charge is 2.31. The maximum atomic E-state index is 13.0. The fraction of sp³-hybridized carbons (Fsp3) is 0.217. The average Bonchev–Trinajstić information content (AvgIpc) is 2.78. The molecular formula is C23H21F3N2O4S2. The number of anilines is 1. The summed E-state index contributed by atoms with van der Waals surface area (Å²) in [4.78, 5) is -0.137. The number of rotatable bonds is 5. The number of benzene rings is 3. The van der Waals surface area contributed by atoms with Gasteiger partial charge in [-0.25, -0.2) is 16.8 Å². The third-order valence-electron chi connectivity index (χ3n) is 5.59. The summed E-state index contributed by atoms with van der Waals surface area (Å²) < 4.78 is 93.4. The van der Waals surface area contributed by atoms with Gasteiger partial charge in [-0.05, 0) is 73.0 Å². The van der Waals surface area contributed by atoms with Crippen LogP contribution in [0.1, 0.15) is 22.3 Å². The Bertz CT molecular complexity index is 1420. The predicted molar refractivity (Wildman–Crippen MR) is 121 cm³/mol. The molecular weight excluding hydrogens is 489 g/mol. The van der Waals surface area contributed by atoms with Gasteiger partial charge in [-0.3, -0.25) is 4.72 Å². The van der Waals surface area contributed by atoms with Crippen molar-refractivity contribution in [2.45, 2.75) is 35.9 Å². The monoisotopic (exact) mass is 510 g/mol. The lowest BCUT2D eigenvalue weighted by atomic mass is 10.0. The van der Waals surface area contributed by atoms with Gasteiger partial charge in [-0.15, -0.1) is 0 Å². The van der Waals surface area contributed by atoms with E-state index < -0.39 is 31.8 Å². The van der Waals surface area contributed by atoms with Crippen molar-refractivity contribution in [2.24, 2.45) is 0 Å². The molecule has 6 nitrogen and oxygen atoms in total. The second-order valence-corrected chi connectivity index (χ2v) is 11.6. The van der Waals surface area contributed by atoms with Crippen molar-refractivity contribution in [1.29, 1.82) is 0 Å². The van der Waals surface area contributed by atoms with Crippen LogP contribution in [-0.4, -0.2) is 27.7 Å². The van der Waals surface area contributed by atoms with Gasteiger partial charge in [0.15, 0.2) is 0 Å². The van der Waals surface area contributed by atoms with Gasteiger partial charge in [0.25, 0.3) is 10.0 Å². The van der Waals surface area contributed by atoms with Crippen molar-refractivity contribution in [3.63, 3.8) is 0 Å². The summed E-state index contributed by atoms with van der Waals surface area (Å²) in [5, 5.41) is 0. The van der Waals surface area contributed by atoms with Gasteiger partial charge in [0.2, 0.25) is 10.0 Å².